The van der Waals surface area contributed by atoms with E-state index in [2.05, 4.69) is 20.8 Å². The highest BCUT2D eigenvalue weighted by Gasteiger charge is 2.19. The zero-order valence-electron chi connectivity index (χ0n) is 20.7. The average molecular weight is 471 g/mol. The van der Waals surface area contributed by atoms with Crippen molar-refractivity contribution in [3.63, 3.8) is 0 Å². The van der Waals surface area contributed by atoms with E-state index in [1.807, 2.05) is 24.3 Å². The molecule has 0 saturated heterocycles. The van der Waals surface area contributed by atoms with Crippen LogP contribution in [0.25, 0.3) is 0 Å². The second-order valence-corrected chi connectivity index (χ2v) is 8.46. The molecule has 0 radical (unpaired) electrons. The molecule has 0 amide bonds. The van der Waals surface area contributed by atoms with Gasteiger partial charge in [-0.1, -0.05) is 70.7 Å². The Kier molecular flexibility index (Phi) is 13.0. The third kappa shape index (κ3) is 10.1. The monoisotopic (exact) mass is 470 g/mol. The van der Waals surface area contributed by atoms with E-state index < -0.39 is 18.2 Å². The van der Waals surface area contributed by atoms with E-state index in [0.29, 0.717) is 17.5 Å². The molecule has 2 aromatic carbocycles. The fourth-order valence-corrected chi connectivity index (χ4v) is 3.34. The molecule has 6 nitrogen and oxygen atoms in total. The maximum Gasteiger partial charge on any atom is 0.373 e. The molecule has 0 aliphatic carbocycles. The third-order valence-electron chi connectivity index (χ3n) is 5.52. The molecule has 0 N–H and O–H groups in total. The van der Waals surface area contributed by atoms with Crippen molar-refractivity contribution in [1.29, 1.82) is 0 Å². The summed E-state index contributed by atoms with van der Waals surface area (Å²) in [5, 5.41) is 0. The Morgan fingerprint density at radius 3 is 1.41 bits per heavy atom. The molecule has 0 atom stereocenters. The van der Waals surface area contributed by atoms with Crippen molar-refractivity contribution < 1.29 is 29.1 Å². The fraction of sp³-hybridized carbons (Fsp3) is 0.500. The smallest absolute Gasteiger partial charge is 0.290 e. The highest BCUT2D eigenvalue weighted by molar-refractivity contribution is 5.89. The van der Waals surface area contributed by atoms with Gasteiger partial charge in [0.25, 0.3) is 0 Å². The Labute approximate surface area is 203 Å². The van der Waals surface area contributed by atoms with E-state index in [1.165, 1.54) is 11.1 Å². The van der Waals surface area contributed by atoms with Gasteiger partial charge in [-0.25, -0.2) is 9.59 Å². The molecule has 2 aromatic rings. The minimum atomic E-state index is -1.01. The summed E-state index contributed by atoms with van der Waals surface area (Å²) in [6.45, 7) is 6.36. The van der Waals surface area contributed by atoms with Crippen molar-refractivity contribution in [1.82, 2.24) is 0 Å². The van der Waals surface area contributed by atoms with E-state index in [0.717, 1.165) is 57.8 Å². The van der Waals surface area contributed by atoms with Crippen LogP contribution in [0.3, 0.4) is 0 Å². The Balaban J connectivity index is 1.87. The summed E-state index contributed by atoms with van der Waals surface area (Å²) in [5.74, 6) is -1.25. The topological polar surface area (TPSA) is 71.1 Å². The van der Waals surface area contributed by atoms with Crippen LogP contribution in [-0.4, -0.2) is 18.2 Å². The minimum absolute atomic E-state index is 0.382. The molecule has 0 aliphatic rings. The lowest BCUT2D eigenvalue weighted by Gasteiger charge is -2.15. The first-order valence-electron chi connectivity index (χ1n) is 12.5. The Bertz CT molecular complexity index is 777. The lowest BCUT2D eigenvalue weighted by Crippen LogP contribution is -2.22. The second kappa shape index (κ2) is 16.0. The van der Waals surface area contributed by atoms with Crippen LogP contribution in [0.1, 0.15) is 104 Å². The molecule has 6 heteroatoms. The van der Waals surface area contributed by atoms with Gasteiger partial charge in [0.05, 0.1) is 11.1 Å². The van der Waals surface area contributed by atoms with Gasteiger partial charge in [0.1, 0.15) is 0 Å². The number of benzene rings is 2. The van der Waals surface area contributed by atoms with Gasteiger partial charge in [-0.15, -0.1) is 9.78 Å². The van der Waals surface area contributed by atoms with Crippen molar-refractivity contribution >= 4 is 11.9 Å². The number of carbonyl (C=O) groups excluding carboxylic acids is 2. The molecule has 2 rings (SSSR count). The quantitative estimate of drug-likeness (QED) is 0.112. The van der Waals surface area contributed by atoms with Crippen molar-refractivity contribution in [2.24, 2.45) is 0 Å². The van der Waals surface area contributed by atoms with E-state index in [-0.39, 0.29) is 0 Å². The summed E-state index contributed by atoms with van der Waals surface area (Å²) >= 11 is 0. The third-order valence-corrected chi connectivity index (χ3v) is 5.52. The molecule has 0 unspecified atom stereocenters. The van der Waals surface area contributed by atoms with E-state index >= 15 is 0 Å². The average Bonchev–Trinajstić information content (AvgIpc) is 2.87. The molecule has 0 spiro atoms. The Hall–Kier alpha value is -2.70. The van der Waals surface area contributed by atoms with Crippen LogP contribution >= 0.6 is 0 Å². The summed E-state index contributed by atoms with van der Waals surface area (Å²) in [7, 11) is 0. The van der Waals surface area contributed by atoms with Gasteiger partial charge in [-0.2, -0.15) is 0 Å². The molecule has 0 aliphatic heterocycles. The summed E-state index contributed by atoms with van der Waals surface area (Å²) in [5.41, 5.74) is 3.11. The first-order chi connectivity index (χ1) is 16.6. The second-order valence-electron chi connectivity index (χ2n) is 8.46. The first kappa shape index (κ1) is 27.5. The molecular weight excluding hydrogens is 432 g/mol. The van der Waals surface area contributed by atoms with Crippen LogP contribution in [0.5, 0.6) is 0 Å². The van der Waals surface area contributed by atoms with Gasteiger partial charge in [0.2, 0.25) is 6.29 Å². The lowest BCUT2D eigenvalue weighted by atomic mass is 10.1. The van der Waals surface area contributed by atoms with Gasteiger partial charge in [-0.3, -0.25) is 9.78 Å². The van der Waals surface area contributed by atoms with Crippen LogP contribution in [-0.2, 0) is 32.4 Å². The zero-order chi connectivity index (χ0) is 24.6. The number of hydrogen-bond acceptors (Lipinski definition) is 6. The Morgan fingerprint density at radius 2 is 1.03 bits per heavy atom. The highest BCUT2D eigenvalue weighted by Crippen LogP contribution is 2.15. The molecule has 0 bridgehead atoms. The maximum absolute atomic E-state index is 12.4. The van der Waals surface area contributed by atoms with E-state index in [9.17, 15) is 9.59 Å². The fourth-order valence-electron chi connectivity index (χ4n) is 3.34. The summed E-state index contributed by atoms with van der Waals surface area (Å²) in [6.07, 6.45) is 8.52. The van der Waals surface area contributed by atoms with Gasteiger partial charge in [0.15, 0.2) is 0 Å². The standard InChI is InChI=1S/C28H38O6/c1-4-7-10-13-26(31-33-27(29)24-18-14-22(15-19-24)11-8-5-2)32-34-28(30)25-20-16-23(17-21-25)12-9-6-3/h14-21,26H,4-13H2,1-3H3. The van der Waals surface area contributed by atoms with Crippen LogP contribution in [0.4, 0.5) is 0 Å². The normalized spacial score (nSPS) is 10.9. The van der Waals surface area contributed by atoms with Gasteiger partial charge >= 0.3 is 11.9 Å². The number of hydrogen-bond donors (Lipinski definition) is 0. The summed E-state index contributed by atoms with van der Waals surface area (Å²) in [4.78, 5) is 45.1. The van der Waals surface area contributed by atoms with Crippen LogP contribution in [0, 0.1) is 0 Å². The molecule has 0 heterocycles. The molecule has 0 aromatic heterocycles. The maximum atomic E-state index is 12.4. The molecule has 0 saturated carbocycles. The van der Waals surface area contributed by atoms with E-state index in [1.54, 1.807) is 24.3 Å². The predicted molar refractivity (Wildman–Crippen MR) is 131 cm³/mol. The Morgan fingerprint density at radius 1 is 0.618 bits per heavy atom. The van der Waals surface area contributed by atoms with Crippen molar-refractivity contribution in [3.05, 3.63) is 70.8 Å². The van der Waals surface area contributed by atoms with E-state index in [4.69, 9.17) is 19.6 Å². The summed E-state index contributed by atoms with van der Waals surface area (Å²) < 4.78 is 0. The largest absolute Gasteiger partial charge is 0.373 e. The van der Waals surface area contributed by atoms with Crippen molar-refractivity contribution in [3.8, 4) is 0 Å². The molecule has 0 fully saturated rings. The van der Waals surface area contributed by atoms with Crippen LogP contribution < -0.4 is 0 Å². The summed E-state index contributed by atoms with van der Waals surface area (Å²) in [6, 6.07) is 14.5. The molecule has 34 heavy (non-hydrogen) atoms. The number of unbranched alkanes of at least 4 members (excludes halogenated alkanes) is 4. The zero-order valence-corrected chi connectivity index (χ0v) is 20.7. The van der Waals surface area contributed by atoms with Crippen molar-refractivity contribution in [2.45, 2.75) is 91.3 Å². The molecular formula is C28H38O6. The lowest BCUT2D eigenvalue weighted by molar-refractivity contribution is -0.421. The van der Waals surface area contributed by atoms with Gasteiger partial charge < -0.3 is 0 Å². The molecule has 186 valence electrons. The van der Waals surface area contributed by atoms with Gasteiger partial charge in [-0.05, 0) is 67.5 Å². The number of rotatable bonds is 16. The predicted octanol–water partition coefficient (Wildman–Crippen LogP) is 7.16. The van der Waals surface area contributed by atoms with Gasteiger partial charge in [0, 0.05) is 6.42 Å². The van der Waals surface area contributed by atoms with Crippen LogP contribution in [0.2, 0.25) is 0 Å². The number of aryl methyl sites for hydroxylation is 2. The first-order valence-corrected chi connectivity index (χ1v) is 12.5. The number of carbonyl (C=O) groups is 2. The SMILES string of the molecule is CCCCCC(OOC(=O)c1ccc(CCCC)cc1)OOC(=O)c1ccc(CCCC)cc1. The van der Waals surface area contributed by atoms with Crippen molar-refractivity contribution in [2.75, 3.05) is 0 Å². The minimum Gasteiger partial charge on any atom is -0.290 e. The van der Waals surface area contributed by atoms with Crippen LogP contribution in [0.15, 0.2) is 48.5 Å². The highest BCUT2D eigenvalue weighted by atomic mass is 17.3.